The van der Waals surface area contributed by atoms with Gasteiger partial charge in [-0.05, 0) is 48.9 Å². The highest BCUT2D eigenvalue weighted by Gasteiger charge is 2.15. The van der Waals surface area contributed by atoms with Crippen LogP contribution in [0.15, 0.2) is 42.5 Å². The molecule has 0 aliphatic rings. The Hall–Kier alpha value is -2.08. The first-order valence-corrected chi connectivity index (χ1v) is 8.52. The zero-order valence-corrected chi connectivity index (χ0v) is 15.5. The summed E-state index contributed by atoms with van der Waals surface area (Å²) in [5.41, 5.74) is 2.27. The Balaban J connectivity index is 1.83. The van der Waals surface area contributed by atoms with Crippen LogP contribution in [0.4, 0.5) is 11.4 Å². The van der Waals surface area contributed by atoms with Gasteiger partial charge < -0.3 is 15.5 Å². The van der Waals surface area contributed by atoms with Crippen molar-refractivity contribution in [2.24, 2.45) is 0 Å². The summed E-state index contributed by atoms with van der Waals surface area (Å²) in [5.74, 6) is -0.353. The van der Waals surface area contributed by atoms with Crippen molar-refractivity contribution in [1.29, 1.82) is 0 Å². The molecule has 0 spiro atoms. The van der Waals surface area contributed by atoms with Crippen molar-refractivity contribution >= 4 is 46.4 Å². The van der Waals surface area contributed by atoms with E-state index in [0.29, 0.717) is 21.4 Å². The van der Waals surface area contributed by atoms with Crippen LogP contribution in [0.5, 0.6) is 0 Å². The van der Waals surface area contributed by atoms with E-state index in [-0.39, 0.29) is 24.9 Å². The van der Waals surface area contributed by atoms with Crippen molar-refractivity contribution < 1.29 is 14.5 Å². The Morgan fingerprint density at radius 3 is 2.12 bits per heavy atom. The highest BCUT2D eigenvalue weighted by molar-refractivity contribution is 6.31. The molecule has 0 aliphatic carbocycles. The zero-order chi connectivity index (χ0) is 18.4. The lowest BCUT2D eigenvalue weighted by Crippen LogP contribution is -3.11. The van der Waals surface area contributed by atoms with E-state index in [4.69, 9.17) is 23.2 Å². The van der Waals surface area contributed by atoms with Gasteiger partial charge in [-0.15, -0.1) is 0 Å². The van der Waals surface area contributed by atoms with Gasteiger partial charge in [-0.3, -0.25) is 9.59 Å². The van der Waals surface area contributed by atoms with E-state index in [1.807, 2.05) is 13.0 Å². The number of likely N-dealkylation sites (N-methyl/N-ethyl adjacent to an activating group) is 1. The van der Waals surface area contributed by atoms with Gasteiger partial charge in [-0.2, -0.15) is 0 Å². The van der Waals surface area contributed by atoms with E-state index in [1.165, 1.54) is 0 Å². The van der Waals surface area contributed by atoms with Gasteiger partial charge in [-0.1, -0.05) is 29.3 Å². The number of hydrogen-bond donors (Lipinski definition) is 3. The lowest BCUT2D eigenvalue weighted by Gasteiger charge is -2.14. The second-order valence-electron chi connectivity index (χ2n) is 5.87. The summed E-state index contributed by atoms with van der Waals surface area (Å²) in [4.78, 5) is 24.9. The van der Waals surface area contributed by atoms with Gasteiger partial charge in [-0.25, -0.2) is 0 Å². The minimum absolute atomic E-state index is 0.167. The van der Waals surface area contributed by atoms with Crippen molar-refractivity contribution in [3.05, 3.63) is 58.1 Å². The molecule has 0 saturated heterocycles. The predicted molar refractivity (Wildman–Crippen MR) is 102 cm³/mol. The van der Waals surface area contributed by atoms with Crippen molar-refractivity contribution in [1.82, 2.24) is 0 Å². The maximum absolute atomic E-state index is 12.1. The fraction of sp³-hybridized carbons (Fsp3) is 0.222. The number of hydrogen-bond acceptors (Lipinski definition) is 2. The zero-order valence-electron chi connectivity index (χ0n) is 14.0. The highest BCUT2D eigenvalue weighted by Crippen LogP contribution is 2.19. The highest BCUT2D eigenvalue weighted by atomic mass is 35.5. The summed E-state index contributed by atoms with van der Waals surface area (Å²) in [6.45, 7) is 2.23. The summed E-state index contributed by atoms with van der Waals surface area (Å²) >= 11 is 11.8. The molecule has 0 saturated carbocycles. The number of anilines is 2. The van der Waals surface area contributed by atoms with Crippen molar-refractivity contribution in [3.63, 3.8) is 0 Å². The minimum Gasteiger partial charge on any atom is -0.322 e. The molecule has 0 bridgehead atoms. The average Bonchev–Trinajstić information content (AvgIpc) is 2.52. The molecule has 7 heteroatoms. The van der Waals surface area contributed by atoms with Crippen LogP contribution in [0.25, 0.3) is 0 Å². The van der Waals surface area contributed by atoms with E-state index in [2.05, 4.69) is 10.6 Å². The van der Waals surface area contributed by atoms with Crippen LogP contribution in [-0.2, 0) is 9.59 Å². The fourth-order valence-corrected chi connectivity index (χ4v) is 2.57. The molecule has 1 atom stereocenters. The van der Waals surface area contributed by atoms with Crippen molar-refractivity contribution in [3.8, 4) is 0 Å². The molecular weight excluding hydrogens is 361 g/mol. The molecule has 0 aromatic heterocycles. The van der Waals surface area contributed by atoms with Crippen LogP contribution in [0.2, 0.25) is 10.0 Å². The Morgan fingerprint density at radius 2 is 1.48 bits per heavy atom. The second-order valence-corrected chi connectivity index (χ2v) is 6.75. The molecule has 0 heterocycles. The molecule has 0 radical (unpaired) electrons. The molecule has 132 valence electrons. The molecule has 3 N–H and O–H groups in total. The second kappa shape index (κ2) is 8.85. The molecule has 2 aromatic rings. The van der Waals surface area contributed by atoms with Crippen LogP contribution in [0, 0.1) is 6.92 Å². The van der Waals surface area contributed by atoms with Gasteiger partial charge in [0.2, 0.25) is 0 Å². The number of quaternary nitrogens is 1. The van der Waals surface area contributed by atoms with E-state index in [9.17, 15) is 9.59 Å². The van der Waals surface area contributed by atoms with Gasteiger partial charge in [0.25, 0.3) is 11.8 Å². The first kappa shape index (κ1) is 19.2. The number of benzene rings is 2. The Kier molecular flexibility index (Phi) is 6.82. The summed E-state index contributed by atoms with van der Waals surface area (Å²) < 4.78 is 0. The van der Waals surface area contributed by atoms with Crippen LogP contribution in [0.3, 0.4) is 0 Å². The monoisotopic (exact) mass is 380 g/mol. The number of rotatable bonds is 6. The first-order chi connectivity index (χ1) is 11.8. The maximum atomic E-state index is 12.1. The van der Waals surface area contributed by atoms with Crippen LogP contribution in [0.1, 0.15) is 5.56 Å². The quantitative estimate of drug-likeness (QED) is 0.720. The molecular formula is C18H20Cl2N3O2+. The largest absolute Gasteiger partial charge is 0.322 e. The third kappa shape index (κ3) is 6.38. The summed E-state index contributed by atoms with van der Waals surface area (Å²) in [6, 6.07) is 12.2. The average molecular weight is 381 g/mol. The van der Waals surface area contributed by atoms with Crippen LogP contribution in [-0.4, -0.2) is 32.0 Å². The molecule has 2 aromatic carbocycles. The fourth-order valence-electron chi connectivity index (χ4n) is 2.27. The third-order valence-corrected chi connectivity index (χ3v) is 4.01. The molecule has 25 heavy (non-hydrogen) atoms. The Morgan fingerprint density at radius 1 is 0.920 bits per heavy atom. The van der Waals surface area contributed by atoms with Crippen molar-refractivity contribution in [2.75, 3.05) is 30.8 Å². The summed E-state index contributed by atoms with van der Waals surface area (Å²) in [7, 11) is 1.78. The van der Waals surface area contributed by atoms with Crippen LogP contribution < -0.4 is 15.5 Å². The standard InChI is InChI=1S/C18H19Cl2N3O2/c1-12-3-4-14(20)9-16(12)22-18(25)11-23(2)10-17(24)21-15-7-5-13(19)6-8-15/h3-9H,10-11H2,1-2H3,(H,21,24)(H,22,25)/p+1. The normalized spacial score (nSPS) is 11.7. The van der Waals surface area contributed by atoms with Gasteiger partial charge in [0.15, 0.2) is 13.1 Å². The van der Waals surface area contributed by atoms with E-state index >= 15 is 0 Å². The van der Waals surface area contributed by atoms with Gasteiger partial charge in [0, 0.05) is 21.4 Å². The lowest BCUT2D eigenvalue weighted by atomic mass is 10.2. The Labute approximate surface area is 156 Å². The maximum Gasteiger partial charge on any atom is 0.279 e. The molecule has 2 rings (SSSR count). The topological polar surface area (TPSA) is 62.6 Å². The molecule has 0 fully saturated rings. The summed E-state index contributed by atoms with van der Waals surface area (Å²) in [6.07, 6.45) is 0. The van der Waals surface area contributed by atoms with E-state index in [0.717, 1.165) is 10.5 Å². The third-order valence-electron chi connectivity index (χ3n) is 3.53. The molecule has 5 nitrogen and oxygen atoms in total. The Bertz CT molecular complexity index is 763. The first-order valence-electron chi connectivity index (χ1n) is 7.76. The minimum atomic E-state index is -0.179. The predicted octanol–water partition coefficient (Wildman–Crippen LogP) is 2.39. The number of carbonyl (C=O) groups excluding carboxylic acids is 2. The summed E-state index contributed by atoms with van der Waals surface area (Å²) in [5, 5.41) is 6.76. The number of amides is 2. The van der Waals surface area contributed by atoms with Gasteiger partial charge in [0.05, 0.1) is 7.05 Å². The van der Waals surface area contributed by atoms with Crippen LogP contribution >= 0.6 is 23.2 Å². The van der Waals surface area contributed by atoms with Gasteiger partial charge >= 0.3 is 0 Å². The van der Waals surface area contributed by atoms with Crippen molar-refractivity contribution in [2.45, 2.75) is 6.92 Å². The molecule has 2 amide bonds. The number of nitrogens with one attached hydrogen (secondary N) is 3. The number of carbonyl (C=O) groups is 2. The number of aryl methyl sites for hydroxylation is 1. The smallest absolute Gasteiger partial charge is 0.279 e. The number of halogens is 2. The lowest BCUT2D eigenvalue weighted by molar-refractivity contribution is -0.862. The molecule has 1 unspecified atom stereocenters. The van der Waals surface area contributed by atoms with Gasteiger partial charge in [0.1, 0.15) is 0 Å². The SMILES string of the molecule is Cc1ccc(Cl)cc1NC(=O)C[NH+](C)CC(=O)Nc1ccc(Cl)cc1. The van der Waals surface area contributed by atoms with E-state index in [1.54, 1.807) is 43.4 Å². The van der Waals surface area contributed by atoms with E-state index < -0.39 is 0 Å². The molecule has 0 aliphatic heterocycles.